The van der Waals surface area contributed by atoms with Gasteiger partial charge in [-0.25, -0.2) is 13.1 Å². The number of sulfonamides is 1. The molecule has 1 saturated heterocycles. The van der Waals surface area contributed by atoms with Crippen molar-refractivity contribution in [3.05, 3.63) is 30.6 Å². The predicted molar refractivity (Wildman–Crippen MR) is 120 cm³/mol. The molecule has 0 spiro atoms. The van der Waals surface area contributed by atoms with Crippen LogP contribution < -0.4 is 5.32 Å². The zero-order chi connectivity index (χ0) is 22.6. The van der Waals surface area contributed by atoms with Crippen LogP contribution in [0.3, 0.4) is 0 Å². The smallest absolute Gasteiger partial charge is 0.243 e. The zero-order valence-corrected chi connectivity index (χ0v) is 19.5. The molecule has 1 aliphatic heterocycles. The lowest BCUT2D eigenvalue weighted by molar-refractivity contribution is -0.131. The third-order valence-corrected chi connectivity index (χ3v) is 10.1. The Bertz CT molecular complexity index is 1100. The van der Waals surface area contributed by atoms with Gasteiger partial charge in [-0.1, -0.05) is 0 Å². The number of amides is 1. The minimum absolute atomic E-state index is 0.0426. The van der Waals surface area contributed by atoms with Crippen molar-refractivity contribution >= 4 is 15.9 Å². The molecule has 33 heavy (non-hydrogen) atoms. The SMILES string of the molecule is O=C(NC12CC3CC(CC(C3)C1)C2)[C@H]1CCCN(S(=O)(=O)c2ccc(-n3cnnn3)cc2)C1. The van der Waals surface area contributed by atoms with Crippen LogP contribution in [-0.2, 0) is 14.8 Å². The fraction of sp³-hybridized carbons (Fsp3) is 0.652. The van der Waals surface area contributed by atoms with Crippen LogP contribution in [0.25, 0.3) is 5.69 Å². The summed E-state index contributed by atoms with van der Waals surface area (Å²) in [7, 11) is -3.67. The maximum absolute atomic E-state index is 13.3. The number of nitrogens with zero attached hydrogens (tertiary/aromatic N) is 5. The van der Waals surface area contributed by atoms with Crippen molar-refractivity contribution in [2.45, 2.75) is 61.8 Å². The van der Waals surface area contributed by atoms with Crippen molar-refractivity contribution in [1.29, 1.82) is 0 Å². The molecule has 1 atom stereocenters. The van der Waals surface area contributed by atoms with Crippen LogP contribution in [-0.4, -0.2) is 57.5 Å². The van der Waals surface area contributed by atoms with Gasteiger partial charge in [0.15, 0.2) is 0 Å². The molecule has 2 heterocycles. The van der Waals surface area contributed by atoms with E-state index >= 15 is 0 Å². The first kappa shape index (κ1) is 21.2. The van der Waals surface area contributed by atoms with E-state index in [1.807, 2.05) is 0 Å². The van der Waals surface area contributed by atoms with Gasteiger partial charge in [-0.2, -0.15) is 4.31 Å². The van der Waals surface area contributed by atoms with E-state index in [0.717, 1.165) is 43.4 Å². The molecule has 176 valence electrons. The van der Waals surface area contributed by atoms with E-state index in [1.165, 1.54) is 34.6 Å². The highest BCUT2D eigenvalue weighted by Crippen LogP contribution is 2.55. The topological polar surface area (TPSA) is 110 Å². The van der Waals surface area contributed by atoms with E-state index in [9.17, 15) is 13.2 Å². The number of carbonyl (C=O) groups is 1. The highest BCUT2D eigenvalue weighted by Gasteiger charge is 2.52. The van der Waals surface area contributed by atoms with Gasteiger partial charge in [-0.05, 0) is 104 Å². The van der Waals surface area contributed by atoms with Gasteiger partial charge in [0.2, 0.25) is 15.9 Å². The largest absolute Gasteiger partial charge is 0.350 e. The minimum atomic E-state index is -3.67. The second-order valence-electron chi connectivity index (χ2n) is 10.6. The summed E-state index contributed by atoms with van der Waals surface area (Å²) in [6, 6.07) is 6.52. The molecule has 4 bridgehead atoms. The number of tetrazole rings is 1. The maximum atomic E-state index is 13.3. The number of rotatable bonds is 5. The second kappa shape index (κ2) is 7.87. The summed E-state index contributed by atoms with van der Waals surface area (Å²) in [6.45, 7) is 0.688. The molecule has 1 amide bonds. The number of piperidine rings is 1. The van der Waals surface area contributed by atoms with Crippen molar-refractivity contribution < 1.29 is 13.2 Å². The Labute approximate surface area is 194 Å². The summed E-state index contributed by atoms with van der Waals surface area (Å²) in [4.78, 5) is 13.5. The summed E-state index contributed by atoms with van der Waals surface area (Å²) < 4.78 is 29.6. The highest BCUT2D eigenvalue weighted by atomic mass is 32.2. The molecule has 4 saturated carbocycles. The molecule has 1 aromatic carbocycles. The highest BCUT2D eigenvalue weighted by molar-refractivity contribution is 7.89. The molecule has 1 N–H and O–H groups in total. The molecule has 0 radical (unpaired) electrons. The summed E-state index contributed by atoms with van der Waals surface area (Å²) >= 11 is 0. The number of aromatic nitrogens is 4. The van der Waals surface area contributed by atoms with Crippen molar-refractivity contribution in [2.24, 2.45) is 23.7 Å². The average molecular weight is 471 g/mol. The zero-order valence-electron chi connectivity index (χ0n) is 18.6. The quantitative estimate of drug-likeness (QED) is 0.717. The minimum Gasteiger partial charge on any atom is -0.350 e. The van der Waals surface area contributed by atoms with Crippen LogP contribution >= 0.6 is 0 Å². The Morgan fingerprint density at radius 2 is 1.70 bits per heavy atom. The number of nitrogens with one attached hydrogen (secondary N) is 1. The summed E-state index contributed by atoms with van der Waals surface area (Å²) in [5, 5.41) is 14.5. The van der Waals surface area contributed by atoms with Gasteiger partial charge in [0.1, 0.15) is 6.33 Å². The third-order valence-electron chi connectivity index (χ3n) is 8.27. The molecule has 7 rings (SSSR count). The summed E-state index contributed by atoms with van der Waals surface area (Å²) in [5.74, 6) is 2.04. The number of benzene rings is 1. The Morgan fingerprint density at radius 3 is 2.30 bits per heavy atom. The first-order valence-electron chi connectivity index (χ1n) is 12.1. The Balaban J connectivity index is 1.15. The van der Waals surface area contributed by atoms with Crippen molar-refractivity contribution in [3.8, 4) is 5.69 Å². The summed E-state index contributed by atoms with van der Waals surface area (Å²) in [5.41, 5.74) is 0.643. The van der Waals surface area contributed by atoms with Gasteiger partial charge >= 0.3 is 0 Å². The molecular formula is C23H30N6O3S. The van der Waals surface area contributed by atoms with Crippen molar-refractivity contribution in [2.75, 3.05) is 13.1 Å². The lowest BCUT2D eigenvalue weighted by Crippen LogP contribution is -2.61. The van der Waals surface area contributed by atoms with Gasteiger partial charge in [0, 0.05) is 18.6 Å². The van der Waals surface area contributed by atoms with Gasteiger partial charge in [0.05, 0.1) is 16.5 Å². The molecule has 10 heteroatoms. The van der Waals surface area contributed by atoms with Crippen LogP contribution in [0.15, 0.2) is 35.5 Å². The average Bonchev–Trinajstić information content (AvgIpc) is 3.33. The fourth-order valence-electron chi connectivity index (χ4n) is 7.20. The normalized spacial score (nSPS) is 33.8. The van der Waals surface area contributed by atoms with Crippen LogP contribution in [0.4, 0.5) is 0 Å². The predicted octanol–water partition coefficient (Wildman–Crippen LogP) is 2.15. The number of carbonyl (C=O) groups excluding carboxylic acids is 1. The van der Waals surface area contributed by atoms with Crippen LogP contribution in [0.2, 0.25) is 0 Å². The van der Waals surface area contributed by atoms with Crippen molar-refractivity contribution in [3.63, 3.8) is 0 Å². The van der Waals surface area contributed by atoms with Gasteiger partial charge < -0.3 is 5.32 Å². The maximum Gasteiger partial charge on any atom is 0.243 e. The van der Waals surface area contributed by atoms with E-state index in [-0.39, 0.29) is 28.8 Å². The summed E-state index contributed by atoms with van der Waals surface area (Å²) in [6.07, 6.45) is 10.2. The van der Waals surface area contributed by atoms with E-state index in [0.29, 0.717) is 18.7 Å². The van der Waals surface area contributed by atoms with E-state index in [1.54, 1.807) is 24.3 Å². The van der Waals surface area contributed by atoms with Crippen molar-refractivity contribution in [1.82, 2.24) is 29.8 Å². The molecule has 2 aromatic rings. The van der Waals surface area contributed by atoms with Gasteiger partial charge in [0.25, 0.3) is 0 Å². The molecule has 5 aliphatic rings. The lowest BCUT2D eigenvalue weighted by atomic mass is 9.53. The van der Waals surface area contributed by atoms with E-state index < -0.39 is 10.0 Å². The first-order chi connectivity index (χ1) is 15.9. The monoisotopic (exact) mass is 470 g/mol. The molecule has 0 unspecified atom stereocenters. The molecule has 1 aromatic heterocycles. The van der Waals surface area contributed by atoms with Gasteiger partial charge in [-0.15, -0.1) is 5.10 Å². The lowest BCUT2D eigenvalue weighted by Gasteiger charge is -2.57. The first-order valence-corrected chi connectivity index (χ1v) is 13.5. The third kappa shape index (κ3) is 3.86. The molecule has 5 fully saturated rings. The van der Waals surface area contributed by atoms with Crippen LogP contribution in [0, 0.1) is 23.7 Å². The molecular weight excluding hydrogens is 440 g/mol. The Kier molecular flexibility index (Phi) is 5.06. The molecule has 4 aliphatic carbocycles. The van der Waals surface area contributed by atoms with Crippen LogP contribution in [0.1, 0.15) is 51.4 Å². The number of hydrogen-bond acceptors (Lipinski definition) is 6. The fourth-order valence-corrected chi connectivity index (χ4v) is 8.73. The van der Waals surface area contributed by atoms with E-state index in [2.05, 4.69) is 20.8 Å². The Morgan fingerprint density at radius 1 is 1.03 bits per heavy atom. The number of hydrogen-bond donors (Lipinski definition) is 1. The van der Waals surface area contributed by atoms with Crippen LogP contribution in [0.5, 0.6) is 0 Å². The Hall–Kier alpha value is -2.33. The molecule has 9 nitrogen and oxygen atoms in total. The van der Waals surface area contributed by atoms with Gasteiger partial charge in [-0.3, -0.25) is 4.79 Å². The van der Waals surface area contributed by atoms with E-state index in [4.69, 9.17) is 0 Å². The standard InChI is InChI=1S/C23H30N6O3S/c30-22(25-23-11-16-8-17(12-23)10-18(9-16)13-23)19-2-1-7-28(14-19)33(31,32)21-5-3-20(4-6-21)29-15-24-26-27-29/h3-6,15-19H,1-2,7-14H2,(H,25,30)/t16?,17?,18?,19-,23?/m0/s1. The second-order valence-corrected chi connectivity index (χ2v) is 12.6.